The molecule has 0 amide bonds. The first-order valence-corrected chi connectivity index (χ1v) is 8.83. The Balaban J connectivity index is 1.80. The Labute approximate surface area is 162 Å². The minimum Gasteiger partial charge on any atom is -0.489 e. The highest BCUT2D eigenvalue weighted by atomic mass is 35.5. The second kappa shape index (κ2) is 8.59. The van der Waals surface area contributed by atoms with E-state index in [1.807, 2.05) is 37.3 Å². The Bertz CT molecular complexity index is 897. The van der Waals surface area contributed by atoms with Crippen molar-refractivity contribution in [1.29, 1.82) is 0 Å². The molecule has 9 heteroatoms. The van der Waals surface area contributed by atoms with Crippen molar-refractivity contribution in [3.63, 3.8) is 0 Å². The predicted molar refractivity (Wildman–Crippen MR) is 104 cm³/mol. The van der Waals surface area contributed by atoms with Gasteiger partial charge in [0.15, 0.2) is 11.6 Å². The first-order chi connectivity index (χ1) is 13.1. The number of rotatable bonds is 8. The summed E-state index contributed by atoms with van der Waals surface area (Å²) >= 11 is 6.19. The predicted octanol–water partition coefficient (Wildman–Crippen LogP) is 3.29. The number of H-pyrrole nitrogens is 1. The highest BCUT2D eigenvalue weighted by molar-refractivity contribution is 6.30. The molecule has 2 heterocycles. The quantitative estimate of drug-likeness (QED) is 0.594. The van der Waals surface area contributed by atoms with Crippen molar-refractivity contribution in [2.45, 2.75) is 20.4 Å². The van der Waals surface area contributed by atoms with Gasteiger partial charge in [-0.2, -0.15) is 0 Å². The maximum Gasteiger partial charge on any atom is 0.199 e. The van der Waals surface area contributed by atoms with Crippen molar-refractivity contribution in [3.05, 3.63) is 53.1 Å². The number of hydrogen-bond acceptors (Lipinski definition) is 7. The van der Waals surface area contributed by atoms with Gasteiger partial charge in [0, 0.05) is 23.7 Å². The fourth-order valence-electron chi connectivity index (χ4n) is 2.46. The van der Waals surface area contributed by atoms with Crippen LogP contribution in [-0.4, -0.2) is 44.0 Å². The van der Waals surface area contributed by atoms with Crippen LogP contribution in [0.1, 0.15) is 19.4 Å². The molecule has 0 aliphatic heterocycles. The minimum absolute atomic E-state index is 0.459. The third-order valence-electron chi connectivity index (χ3n) is 3.80. The van der Waals surface area contributed by atoms with Gasteiger partial charge in [0.1, 0.15) is 18.1 Å². The largest absolute Gasteiger partial charge is 0.489 e. The van der Waals surface area contributed by atoms with E-state index in [-0.39, 0.29) is 0 Å². The summed E-state index contributed by atoms with van der Waals surface area (Å²) in [5.74, 6) is 1.99. The number of aromatic amines is 1. The Morgan fingerprint density at radius 2 is 2.07 bits per heavy atom. The van der Waals surface area contributed by atoms with Gasteiger partial charge in [-0.15, -0.1) is 15.3 Å². The first kappa shape index (κ1) is 18.8. The van der Waals surface area contributed by atoms with Crippen molar-refractivity contribution in [3.8, 4) is 17.3 Å². The van der Waals surface area contributed by atoms with E-state index in [2.05, 4.69) is 49.2 Å². The number of nitrogens with zero attached hydrogens (tertiary/aromatic N) is 6. The highest BCUT2D eigenvalue weighted by Gasteiger charge is 2.13. The number of tetrazole rings is 1. The average Bonchev–Trinajstić information content (AvgIpc) is 3.20. The van der Waals surface area contributed by atoms with E-state index in [0.717, 1.165) is 29.2 Å². The van der Waals surface area contributed by atoms with E-state index in [1.54, 1.807) is 0 Å². The zero-order chi connectivity index (χ0) is 19.2. The maximum atomic E-state index is 6.19. The number of anilines is 1. The van der Waals surface area contributed by atoms with Crippen molar-refractivity contribution < 1.29 is 4.74 Å². The molecule has 0 bridgehead atoms. The van der Waals surface area contributed by atoms with Gasteiger partial charge in [0.2, 0.25) is 0 Å². The van der Waals surface area contributed by atoms with Gasteiger partial charge in [-0.05, 0) is 60.2 Å². The van der Waals surface area contributed by atoms with E-state index < -0.39 is 0 Å². The number of ether oxygens (including phenoxy) is 1. The second-order valence-corrected chi connectivity index (χ2v) is 6.48. The van der Waals surface area contributed by atoms with E-state index in [9.17, 15) is 0 Å². The monoisotopic (exact) mass is 385 g/mol. The molecule has 0 saturated carbocycles. The van der Waals surface area contributed by atoms with E-state index >= 15 is 0 Å². The number of halogens is 1. The molecule has 140 valence electrons. The Hall–Kier alpha value is -3.00. The van der Waals surface area contributed by atoms with E-state index in [1.165, 1.54) is 0 Å². The Kier molecular flexibility index (Phi) is 5.97. The van der Waals surface area contributed by atoms with Gasteiger partial charge in [0.05, 0.1) is 0 Å². The second-order valence-electron chi connectivity index (χ2n) is 6.04. The van der Waals surface area contributed by atoms with Crippen LogP contribution in [-0.2, 0) is 6.54 Å². The summed E-state index contributed by atoms with van der Waals surface area (Å²) in [6, 6.07) is 9.30. The van der Waals surface area contributed by atoms with Crippen LogP contribution in [0.15, 0.2) is 42.5 Å². The molecule has 3 aromatic rings. The summed E-state index contributed by atoms with van der Waals surface area (Å²) in [5, 5.41) is 22.7. The van der Waals surface area contributed by atoms with Crippen molar-refractivity contribution in [2.75, 3.05) is 18.1 Å². The lowest BCUT2D eigenvalue weighted by Gasteiger charge is -2.23. The summed E-state index contributed by atoms with van der Waals surface area (Å²) in [6.45, 7) is 9.63. The van der Waals surface area contributed by atoms with Crippen LogP contribution in [0.25, 0.3) is 11.5 Å². The smallest absolute Gasteiger partial charge is 0.199 e. The molecular formula is C18H20ClN7O. The van der Waals surface area contributed by atoms with Crippen LogP contribution < -0.4 is 9.64 Å². The van der Waals surface area contributed by atoms with Crippen LogP contribution in [0.3, 0.4) is 0 Å². The molecular weight excluding hydrogens is 366 g/mol. The molecule has 3 rings (SSSR count). The lowest BCUT2D eigenvalue weighted by atomic mass is 10.2. The molecule has 8 nitrogen and oxygen atoms in total. The van der Waals surface area contributed by atoms with Crippen molar-refractivity contribution >= 4 is 17.4 Å². The van der Waals surface area contributed by atoms with Gasteiger partial charge in [0.25, 0.3) is 0 Å². The molecule has 0 fully saturated rings. The zero-order valence-corrected chi connectivity index (χ0v) is 15.9. The van der Waals surface area contributed by atoms with Crippen LogP contribution in [0.2, 0.25) is 5.02 Å². The van der Waals surface area contributed by atoms with Crippen molar-refractivity contribution in [2.24, 2.45) is 0 Å². The first-order valence-electron chi connectivity index (χ1n) is 8.45. The molecule has 0 atom stereocenters. The molecule has 1 N–H and O–H groups in total. The third-order valence-corrected chi connectivity index (χ3v) is 4.04. The highest BCUT2D eigenvalue weighted by Crippen LogP contribution is 2.26. The fraction of sp³-hybridized carbons (Fsp3) is 0.278. The van der Waals surface area contributed by atoms with Gasteiger partial charge < -0.3 is 9.64 Å². The van der Waals surface area contributed by atoms with Crippen molar-refractivity contribution in [1.82, 2.24) is 30.8 Å². The number of hydrogen-bond donors (Lipinski definition) is 1. The SMILES string of the molecule is C=C(C)COc1ccc(Cl)cc1CN(CC)c1ccc(-c2nnn[nH]2)nn1. The molecule has 0 radical (unpaired) electrons. The molecule has 27 heavy (non-hydrogen) atoms. The standard InChI is InChI=1S/C18H20ClN7O/c1-4-26(17-8-6-15(20-21-17)18-22-24-25-23-18)10-13-9-14(19)5-7-16(13)27-11-12(2)3/h5-9H,2,4,10-11H2,1,3H3,(H,22,23,24,25). The Morgan fingerprint density at radius 3 is 2.70 bits per heavy atom. The minimum atomic E-state index is 0.459. The lowest BCUT2D eigenvalue weighted by Crippen LogP contribution is -2.24. The molecule has 0 unspecified atom stereocenters. The van der Waals surface area contributed by atoms with Gasteiger partial charge in [-0.3, -0.25) is 0 Å². The maximum absolute atomic E-state index is 6.19. The molecule has 1 aromatic carbocycles. The van der Waals surface area contributed by atoms with Crippen LogP contribution >= 0.6 is 11.6 Å². The fourth-order valence-corrected chi connectivity index (χ4v) is 2.66. The molecule has 0 spiro atoms. The topological polar surface area (TPSA) is 92.7 Å². The molecule has 0 aliphatic carbocycles. The van der Waals surface area contributed by atoms with Crippen LogP contribution in [0.5, 0.6) is 5.75 Å². The average molecular weight is 386 g/mol. The molecule has 0 saturated heterocycles. The summed E-state index contributed by atoms with van der Waals surface area (Å²) in [7, 11) is 0. The van der Waals surface area contributed by atoms with Crippen LogP contribution in [0.4, 0.5) is 5.82 Å². The zero-order valence-electron chi connectivity index (χ0n) is 15.2. The van der Waals surface area contributed by atoms with Gasteiger partial charge in [-0.25, -0.2) is 5.10 Å². The Morgan fingerprint density at radius 1 is 1.22 bits per heavy atom. The van der Waals surface area contributed by atoms with Gasteiger partial charge >= 0.3 is 0 Å². The lowest BCUT2D eigenvalue weighted by molar-refractivity contribution is 0.348. The van der Waals surface area contributed by atoms with Crippen LogP contribution in [0, 0.1) is 0 Å². The normalized spacial score (nSPS) is 10.6. The number of benzene rings is 1. The summed E-state index contributed by atoms with van der Waals surface area (Å²) in [5.41, 5.74) is 2.50. The third kappa shape index (κ3) is 4.79. The number of aromatic nitrogens is 6. The van der Waals surface area contributed by atoms with E-state index in [4.69, 9.17) is 16.3 Å². The number of nitrogens with one attached hydrogen (secondary N) is 1. The molecule has 2 aromatic heterocycles. The van der Waals surface area contributed by atoms with Gasteiger partial charge in [-0.1, -0.05) is 18.2 Å². The summed E-state index contributed by atoms with van der Waals surface area (Å²) < 4.78 is 5.86. The summed E-state index contributed by atoms with van der Waals surface area (Å²) in [6.07, 6.45) is 0. The van der Waals surface area contributed by atoms with E-state index in [0.29, 0.717) is 29.7 Å². The molecule has 0 aliphatic rings. The summed E-state index contributed by atoms with van der Waals surface area (Å²) in [4.78, 5) is 2.08.